The normalized spacial score (nSPS) is 14.5. The summed E-state index contributed by atoms with van der Waals surface area (Å²) in [6.45, 7) is 4.73. The summed E-state index contributed by atoms with van der Waals surface area (Å²) in [4.78, 5) is 11.6. The molecule has 4 nitrogen and oxygen atoms in total. The Hall–Kier alpha value is -1.71. The van der Waals surface area contributed by atoms with Crippen LogP contribution in [0.1, 0.15) is 25.8 Å². The molecule has 1 aliphatic heterocycles. The van der Waals surface area contributed by atoms with Gasteiger partial charge in [0.15, 0.2) is 11.5 Å². The molecule has 1 aromatic carbocycles. The lowest BCUT2D eigenvalue weighted by atomic mass is 10.1. The van der Waals surface area contributed by atoms with Gasteiger partial charge in [-0.25, -0.2) is 0 Å². The summed E-state index contributed by atoms with van der Waals surface area (Å²) in [6, 6.07) is 5.71. The summed E-state index contributed by atoms with van der Waals surface area (Å²) in [7, 11) is 0. The molecule has 1 heterocycles. The Bertz CT molecular complexity index is 417. The van der Waals surface area contributed by atoms with E-state index < -0.39 is 0 Å². The first kappa shape index (κ1) is 11.8. The van der Waals surface area contributed by atoms with Gasteiger partial charge in [0.05, 0.1) is 0 Å². The Balaban J connectivity index is 1.93. The van der Waals surface area contributed by atoms with Crippen molar-refractivity contribution in [3.63, 3.8) is 0 Å². The Kier molecular flexibility index (Phi) is 3.52. The highest BCUT2D eigenvalue weighted by Crippen LogP contribution is 2.32. The molecule has 0 saturated carbocycles. The van der Waals surface area contributed by atoms with Crippen LogP contribution in [0.15, 0.2) is 18.2 Å². The minimum Gasteiger partial charge on any atom is -0.454 e. The standard InChI is InChI=1S/C13H17NO3/c1-3-9(2)13(15)14-7-10-4-5-11-12(6-10)17-8-16-11/h4-6,9H,3,7-8H2,1-2H3,(H,14,15)/t9-/m1/s1. The van der Waals surface area contributed by atoms with E-state index in [0.717, 1.165) is 23.5 Å². The van der Waals surface area contributed by atoms with Gasteiger partial charge in [-0.3, -0.25) is 4.79 Å². The highest BCUT2D eigenvalue weighted by molar-refractivity contribution is 5.78. The molecule has 1 aliphatic rings. The van der Waals surface area contributed by atoms with Crippen molar-refractivity contribution in [3.05, 3.63) is 23.8 Å². The maximum absolute atomic E-state index is 11.6. The molecule has 1 amide bonds. The number of nitrogens with one attached hydrogen (secondary N) is 1. The van der Waals surface area contributed by atoms with E-state index in [1.165, 1.54) is 0 Å². The Morgan fingerprint density at radius 2 is 2.18 bits per heavy atom. The minimum absolute atomic E-state index is 0.0593. The fourth-order valence-electron chi connectivity index (χ4n) is 1.60. The van der Waals surface area contributed by atoms with Crippen LogP contribution in [0.2, 0.25) is 0 Å². The molecule has 92 valence electrons. The smallest absolute Gasteiger partial charge is 0.231 e. The van der Waals surface area contributed by atoms with E-state index in [1.54, 1.807) is 0 Å². The molecule has 1 N–H and O–H groups in total. The zero-order valence-electron chi connectivity index (χ0n) is 10.2. The van der Waals surface area contributed by atoms with Crippen molar-refractivity contribution in [2.75, 3.05) is 6.79 Å². The lowest BCUT2D eigenvalue weighted by Crippen LogP contribution is -2.28. The van der Waals surface area contributed by atoms with Gasteiger partial charge in [-0.2, -0.15) is 0 Å². The highest BCUT2D eigenvalue weighted by atomic mass is 16.7. The van der Waals surface area contributed by atoms with E-state index in [4.69, 9.17) is 9.47 Å². The van der Waals surface area contributed by atoms with E-state index in [9.17, 15) is 4.79 Å². The third-order valence-corrected chi connectivity index (χ3v) is 2.96. The SMILES string of the molecule is CC[C@@H](C)C(=O)NCc1ccc2c(c1)OCO2. The molecule has 0 unspecified atom stereocenters. The molecule has 4 heteroatoms. The van der Waals surface area contributed by atoms with Crippen molar-refractivity contribution in [1.29, 1.82) is 0 Å². The number of ether oxygens (including phenoxy) is 2. The Morgan fingerprint density at radius 1 is 1.41 bits per heavy atom. The first-order valence-electron chi connectivity index (χ1n) is 5.87. The summed E-state index contributed by atoms with van der Waals surface area (Å²) < 4.78 is 10.5. The van der Waals surface area contributed by atoms with Gasteiger partial charge in [-0.05, 0) is 24.1 Å². The van der Waals surface area contributed by atoms with Crippen molar-refractivity contribution in [2.45, 2.75) is 26.8 Å². The van der Waals surface area contributed by atoms with Crippen molar-refractivity contribution in [3.8, 4) is 11.5 Å². The molecule has 0 aromatic heterocycles. The first-order chi connectivity index (χ1) is 8.20. The lowest BCUT2D eigenvalue weighted by Gasteiger charge is -2.10. The van der Waals surface area contributed by atoms with Crippen LogP contribution in [0.4, 0.5) is 0 Å². The molecule has 0 aliphatic carbocycles. The zero-order chi connectivity index (χ0) is 12.3. The molecule has 0 bridgehead atoms. The monoisotopic (exact) mass is 235 g/mol. The summed E-state index contributed by atoms with van der Waals surface area (Å²) in [5.41, 5.74) is 1.02. The van der Waals surface area contributed by atoms with Gasteiger partial charge in [-0.1, -0.05) is 19.9 Å². The summed E-state index contributed by atoms with van der Waals surface area (Å²) in [6.07, 6.45) is 0.854. The average molecular weight is 235 g/mol. The number of amides is 1. The van der Waals surface area contributed by atoms with E-state index in [0.29, 0.717) is 6.54 Å². The third kappa shape index (κ3) is 2.70. The fourth-order valence-corrected chi connectivity index (χ4v) is 1.60. The zero-order valence-corrected chi connectivity index (χ0v) is 10.2. The number of fused-ring (bicyclic) bond motifs is 1. The second kappa shape index (κ2) is 5.08. The Morgan fingerprint density at radius 3 is 2.94 bits per heavy atom. The average Bonchev–Trinajstić information content (AvgIpc) is 2.82. The van der Waals surface area contributed by atoms with Crippen LogP contribution in [-0.2, 0) is 11.3 Å². The van der Waals surface area contributed by atoms with Gasteiger partial charge in [0.1, 0.15) is 0 Å². The second-order valence-electron chi connectivity index (χ2n) is 4.21. The van der Waals surface area contributed by atoms with Crippen LogP contribution in [-0.4, -0.2) is 12.7 Å². The van der Waals surface area contributed by atoms with Crippen LogP contribution in [0.5, 0.6) is 11.5 Å². The lowest BCUT2D eigenvalue weighted by molar-refractivity contribution is -0.124. The van der Waals surface area contributed by atoms with Crippen LogP contribution in [0.25, 0.3) is 0 Å². The van der Waals surface area contributed by atoms with E-state index in [2.05, 4.69) is 5.32 Å². The quantitative estimate of drug-likeness (QED) is 0.869. The third-order valence-electron chi connectivity index (χ3n) is 2.96. The van der Waals surface area contributed by atoms with Gasteiger partial charge >= 0.3 is 0 Å². The maximum Gasteiger partial charge on any atom is 0.231 e. The first-order valence-corrected chi connectivity index (χ1v) is 5.87. The maximum atomic E-state index is 11.6. The predicted molar refractivity (Wildman–Crippen MR) is 63.9 cm³/mol. The number of benzene rings is 1. The van der Waals surface area contributed by atoms with Gasteiger partial charge in [0.2, 0.25) is 12.7 Å². The van der Waals surface area contributed by atoms with Crippen LogP contribution >= 0.6 is 0 Å². The number of rotatable bonds is 4. The van der Waals surface area contributed by atoms with E-state index in [-0.39, 0.29) is 18.6 Å². The molecule has 2 rings (SSSR count). The number of hydrogen-bond acceptors (Lipinski definition) is 3. The fraction of sp³-hybridized carbons (Fsp3) is 0.462. The van der Waals surface area contributed by atoms with Crippen molar-refractivity contribution < 1.29 is 14.3 Å². The van der Waals surface area contributed by atoms with Crippen LogP contribution < -0.4 is 14.8 Å². The topological polar surface area (TPSA) is 47.6 Å². The van der Waals surface area contributed by atoms with Gasteiger partial charge < -0.3 is 14.8 Å². The molecule has 1 atom stereocenters. The molecule has 0 fully saturated rings. The molecular formula is C13H17NO3. The minimum atomic E-state index is 0.0593. The van der Waals surface area contributed by atoms with Crippen LogP contribution in [0.3, 0.4) is 0 Å². The van der Waals surface area contributed by atoms with E-state index >= 15 is 0 Å². The number of hydrogen-bond donors (Lipinski definition) is 1. The second-order valence-corrected chi connectivity index (χ2v) is 4.21. The Labute approximate surface area is 101 Å². The summed E-state index contributed by atoms with van der Waals surface area (Å²) >= 11 is 0. The molecule has 1 aromatic rings. The number of carbonyl (C=O) groups excluding carboxylic acids is 1. The predicted octanol–water partition coefficient (Wildman–Crippen LogP) is 2.08. The highest BCUT2D eigenvalue weighted by Gasteiger charge is 2.14. The molecule has 0 radical (unpaired) electrons. The van der Waals surface area contributed by atoms with Gasteiger partial charge in [-0.15, -0.1) is 0 Å². The van der Waals surface area contributed by atoms with Crippen LogP contribution in [0, 0.1) is 5.92 Å². The van der Waals surface area contributed by atoms with Crippen molar-refractivity contribution in [2.24, 2.45) is 5.92 Å². The molecule has 0 saturated heterocycles. The molecule has 17 heavy (non-hydrogen) atoms. The van der Waals surface area contributed by atoms with Gasteiger partial charge in [0, 0.05) is 12.5 Å². The van der Waals surface area contributed by atoms with Crippen molar-refractivity contribution >= 4 is 5.91 Å². The summed E-state index contributed by atoms with van der Waals surface area (Å²) in [5.74, 6) is 1.66. The van der Waals surface area contributed by atoms with E-state index in [1.807, 2.05) is 32.0 Å². The largest absolute Gasteiger partial charge is 0.454 e. The number of carbonyl (C=O) groups is 1. The van der Waals surface area contributed by atoms with Crippen molar-refractivity contribution in [1.82, 2.24) is 5.32 Å². The van der Waals surface area contributed by atoms with Gasteiger partial charge in [0.25, 0.3) is 0 Å². The molecule has 0 spiro atoms. The molecular weight excluding hydrogens is 218 g/mol. The summed E-state index contributed by atoms with van der Waals surface area (Å²) in [5, 5.41) is 2.91.